The van der Waals surface area contributed by atoms with Gasteiger partial charge in [0.15, 0.2) is 0 Å². The van der Waals surface area contributed by atoms with Gasteiger partial charge in [-0.25, -0.2) is 4.39 Å². The van der Waals surface area contributed by atoms with Gasteiger partial charge in [0, 0.05) is 7.05 Å². The Morgan fingerprint density at radius 1 is 1.42 bits per heavy atom. The van der Waals surface area contributed by atoms with Crippen molar-refractivity contribution in [2.24, 2.45) is 5.92 Å². The molecule has 3 nitrogen and oxygen atoms in total. The number of nitrogens with one attached hydrogen (secondary N) is 1. The third-order valence-electron chi connectivity index (χ3n) is 3.73. The van der Waals surface area contributed by atoms with Crippen molar-refractivity contribution in [3.05, 3.63) is 35.6 Å². The standard InChI is InChI=1S/C15H21FN2O/c1-11(13-5-7-14(16)8-6-13)18(2)15(19)10-17-9-12-3-4-12/h5-8,11-12,17H,3-4,9-10H2,1-2H3. The number of amides is 1. The van der Waals surface area contributed by atoms with Gasteiger partial charge in [-0.1, -0.05) is 12.1 Å². The van der Waals surface area contributed by atoms with E-state index in [0.717, 1.165) is 18.0 Å². The van der Waals surface area contributed by atoms with Crippen LogP contribution in [0.3, 0.4) is 0 Å². The lowest BCUT2D eigenvalue weighted by Crippen LogP contribution is -2.37. The summed E-state index contributed by atoms with van der Waals surface area (Å²) >= 11 is 0. The fraction of sp³-hybridized carbons (Fsp3) is 0.533. The van der Waals surface area contributed by atoms with E-state index in [1.165, 1.54) is 25.0 Å². The van der Waals surface area contributed by atoms with Crippen LogP contribution in [0.2, 0.25) is 0 Å². The molecule has 1 aliphatic rings. The van der Waals surface area contributed by atoms with Gasteiger partial charge in [0.25, 0.3) is 0 Å². The van der Waals surface area contributed by atoms with E-state index in [2.05, 4.69) is 5.32 Å². The highest BCUT2D eigenvalue weighted by atomic mass is 19.1. The zero-order chi connectivity index (χ0) is 13.8. The van der Waals surface area contributed by atoms with Crippen LogP contribution in [-0.4, -0.2) is 30.9 Å². The average Bonchev–Trinajstić information content (AvgIpc) is 3.22. The second-order valence-corrected chi connectivity index (χ2v) is 5.31. The molecule has 1 aliphatic carbocycles. The molecule has 4 heteroatoms. The minimum absolute atomic E-state index is 0.0455. The van der Waals surface area contributed by atoms with E-state index in [0.29, 0.717) is 6.54 Å². The SMILES string of the molecule is CC(c1ccc(F)cc1)N(C)C(=O)CNCC1CC1. The number of carbonyl (C=O) groups is 1. The molecular formula is C15H21FN2O. The van der Waals surface area contributed by atoms with Crippen LogP contribution in [0.15, 0.2) is 24.3 Å². The molecule has 1 aromatic rings. The molecule has 1 aromatic carbocycles. The summed E-state index contributed by atoms with van der Waals surface area (Å²) in [6.07, 6.45) is 2.56. The molecule has 1 N–H and O–H groups in total. The number of benzene rings is 1. The second-order valence-electron chi connectivity index (χ2n) is 5.31. The van der Waals surface area contributed by atoms with E-state index in [1.807, 2.05) is 6.92 Å². The molecule has 0 radical (unpaired) electrons. The summed E-state index contributed by atoms with van der Waals surface area (Å²) in [5.41, 5.74) is 0.944. The molecule has 1 unspecified atom stereocenters. The summed E-state index contributed by atoms with van der Waals surface area (Å²) < 4.78 is 12.9. The lowest BCUT2D eigenvalue weighted by Gasteiger charge is -2.25. The fourth-order valence-electron chi connectivity index (χ4n) is 2.01. The molecule has 0 aliphatic heterocycles. The van der Waals surface area contributed by atoms with Crippen molar-refractivity contribution in [2.45, 2.75) is 25.8 Å². The average molecular weight is 264 g/mol. The van der Waals surface area contributed by atoms with Crippen LogP contribution in [0, 0.1) is 11.7 Å². The molecule has 0 aromatic heterocycles. The van der Waals surface area contributed by atoms with E-state index in [-0.39, 0.29) is 17.8 Å². The van der Waals surface area contributed by atoms with E-state index in [1.54, 1.807) is 24.1 Å². The maximum atomic E-state index is 12.9. The zero-order valence-corrected chi connectivity index (χ0v) is 11.5. The van der Waals surface area contributed by atoms with Gasteiger partial charge in [0.1, 0.15) is 5.82 Å². The topological polar surface area (TPSA) is 32.3 Å². The summed E-state index contributed by atoms with van der Waals surface area (Å²) in [5.74, 6) is 0.584. The number of hydrogen-bond acceptors (Lipinski definition) is 2. The summed E-state index contributed by atoms with van der Waals surface area (Å²) in [6.45, 7) is 3.26. The second kappa shape index (κ2) is 6.15. The van der Waals surface area contributed by atoms with Crippen molar-refractivity contribution in [3.63, 3.8) is 0 Å². The third-order valence-corrected chi connectivity index (χ3v) is 3.73. The molecule has 104 valence electrons. The highest BCUT2D eigenvalue weighted by molar-refractivity contribution is 5.78. The number of rotatable bonds is 6. The summed E-state index contributed by atoms with van der Waals surface area (Å²) in [5, 5.41) is 3.19. The minimum Gasteiger partial charge on any atom is -0.338 e. The first-order valence-corrected chi connectivity index (χ1v) is 6.79. The van der Waals surface area contributed by atoms with Crippen LogP contribution < -0.4 is 5.32 Å². The Kier molecular flexibility index (Phi) is 4.53. The van der Waals surface area contributed by atoms with Crippen LogP contribution in [-0.2, 0) is 4.79 Å². The monoisotopic (exact) mass is 264 g/mol. The minimum atomic E-state index is -0.254. The molecule has 1 atom stereocenters. The molecule has 0 saturated heterocycles. The summed E-state index contributed by atoms with van der Waals surface area (Å²) in [6, 6.07) is 6.25. The predicted octanol–water partition coefficient (Wildman–Crippen LogP) is 2.34. The van der Waals surface area contributed by atoms with E-state index in [9.17, 15) is 9.18 Å². The smallest absolute Gasteiger partial charge is 0.236 e. The first-order valence-electron chi connectivity index (χ1n) is 6.79. The Hall–Kier alpha value is -1.42. The van der Waals surface area contributed by atoms with Crippen molar-refractivity contribution in [1.82, 2.24) is 10.2 Å². The van der Waals surface area contributed by atoms with Crippen LogP contribution in [0.1, 0.15) is 31.4 Å². The Morgan fingerprint density at radius 3 is 2.63 bits per heavy atom. The maximum Gasteiger partial charge on any atom is 0.236 e. The quantitative estimate of drug-likeness (QED) is 0.855. The summed E-state index contributed by atoms with van der Waals surface area (Å²) in [4.78, 5) is 13.7. The van der Waals surface area contributed by atoms with Gasteiger partial charge in [-0.2, -0.15) is 0 Å². The van der Waals surface area contributed by atoms with Crippen molar-refractivity contribution >= 4 is 5.91 Å². The normalized spacial score (nSPS) is 16.2. The van der Waals surface area contributed by atoms with E-state index < -0.39 is 0 Å². The Balaban J connectivity index is 1.84. The lowest BCUT2D eigenvalue weighted by molar-refractivity contribution is -0.130. The number of hydrogen-bond donors (Lipinski definition) is 1. The van der Waals surface area contributed by atoms with Crippen molar-refractivity contribution in [1.29, 1.82) is 0 Å². The molecule has 1 amide bonds. The van der Waals surface area contributed by atoms with Gasteiger partial charge < -0.3 is 10.2 Å². The number of halogens is 1. The zero-order valence-electron chi connectivity index (χ0n) is 11.5. The molecule has 2 rings (SSSR count). The number of likely N-dealkylation sites (N-methyl/N-ethyl adjacent to an activating group) is 1. The van der Waals surface area contributed by atoms with Crippen molar-refractivity contribution in [3.8, 4) is 0 Å². The molecule has 0 heterocycles. The van der Waals surface area contributed by atoms with Gasteiger partial charge in [-0.15, -0.1) is 0 Å². The van der Waals surface area contributed by atoms with Gasteiger partial charge in [-0.3, -0.25) is 4.79 Å². The molecule has 1 saturated carbocycles. The highest BCUT2D eigenvalue weighted by Gasteiger charge is 2.22. The molecule has 0 spiro atoms. The van der Waals surface area contributed by atoms with Crippen LogP contribution in [0.25, 0.3) is 0 Å². The van der Waals surface area contributed by atoms with E-state index >= 15 is 0 Å². The predicted molar refractivity (Wildman–Crippen MR) is 73.2 cm³/mol. The van der Waals surface area contributed by atoms with Gasteiger partial charge >= 0.3 is 0 Å². The lowest BCUT2D eigenvalue weighted by atomic mass is 10.1. The summed E-state index contributed by atoms with van der Waals surface area (Å²) in [7, 11) is 1.79. The van der Waals surface area contributed by atoms with Gasteiger partial charge in [0.2, 0.25) is 5.91 Å². The van der Waals surface area contributed by atoms with Crippen LogP contribution in [0.4, 0.5) is 4.39 Å². The largest absolute Gasteiger partial charge is 0.338 e. The highest BCUT2D eigenvalue weighted by Crippen LogP contribution is 2.27. The Bertz CT molecular complexity index is 428. The molecular weight excluding hydrogens is 243 g/mol. The van der Waals surface area contributed by atoms with Gasteiger partial charge in [-0.05, 0) is 49.9 Å². The van der Waals surface area contributed by atoms with E-state index in [4.69, 9.17) is 0 Å². The maximum absolute atomic E-state index is 12.9. The number of carbonyl (C=O) groups excluding carboxylic acids is 1. The molecule has 19 heavy (non-hydrogen) atoms. The van der Waals surface area contributed by atoms with Crippen molar-refractivity contribution < 1.29 is 9.18 Å². The number of nitrogens with zero attached hydrogens (tertiary/aromatic N) is 1. The fourth-order valence-corrected chi connectivity index (χ4v) is 2.01. The first kappa shape index (κ1) is 14.0. The van der Waals surface area contributed by atoms with Crippen LogP contribution in [0.5, 0.6) is 0 Å². The Morgan fingerprint density at radius 2 is 2.05 bits per heavy atom. The van der Waals surface area contributed by atoms with Crippen molar-refractivity contribution in [2.75, 3.05) is 20.1 Å². The Labute approximate surface area is 113 Å². The third kappa shape index (κ3) is 4.03. The first-order chi connectivity index (χ1) is 9.08. The van der Waals surface area contributed by atoms with Gasteiger partial charge in [0.05, 0.1) is 12.6 Å². The molecule has 1 fully saturated rings. The molecule has 0 bridgehead atoms. The van der Waals surface area contributed by atoms with Crippen LogP contribution >= 0.6 is 0 Å².